The fourth-order valence-corrected chi connectivity index (χ4v) is 4.27. The first-order valence-electron chi connectivity index (χ1n) is 9.74. The van der Waals surface area contributed by atoms with Crippen molar-refractivity contribution in [1.82, 2.24) is 24.0 Å². The number of fused-ring (bicyclic) bond motifs is 1. The first-order valence-corrected chi connectivity index (χ1v) is 9.74. The van der Waals surface area contributed by atoms with Crippen LogP contribution in [0.1, 0.15) is 12.5 Å². The van der Waals surface area contributed by atoms with Crippen LogP contribution in [-0.2, 0) is 14.1 Å². The largest absolute Gasteiger partial charge is 0.328 e. The van der Waals surface area contributed by atoms with Crippen LogP contribution in [-0.4, -0.2) is 31.8 Å². The molecule has 1 aliphatic rings. The molecule has 0 radical (unpaired) electrons. The van der Waals surface area contributed by atoms with Gasteiger partial charge >= 0.3 is 5.69 Å². The lowest BCUT2D eigenvalue weighted by Gasteiger charge is -2.16. The summed E-state index contributed by atoms with van der Waals surface area (Å²) in [5.74, 6) is -0.268. The molecule has 29 heavy (non-hydrogen) atoms. The van der Waals surface area contributed by atoms with Crippen molar-refractivity contribution < 1.29 is 4.39 Å². The van der Waals surface area contributed by atoms with Gasteiger partial charge in [0.2, 0.25) is 0 Å². The van der Waals surface area contributed by atoms with Crippen LogP contribution in [0.2, 0.25) is 0 Å². The average molecular weight is 391 g/mol. The van der Waals surface area contributed by atoms with Crippen LogP contribution >= 0.6 is 0 Å². The number of aromatic nitrogens is 4. The van der Waals surface area contributed by atoms with Gasteiger partial charge in [0.25, 0.3) is 0 Å². The van der Waals surface area contributed by atoms with Crippen molar-refractivity contribution in [1.29, 1.82) is 0 Å². The van der Waals surface area contributed by atoms with Gasteiger partial charge in [0.1, 0.15) is 5.82 Å². The fourth-order valence-electron chi connectivity index (χ4n) is 4.27. The molecule has 1 saturated heterocycles. The molecule has 0 amide bonds. The van der Waals surface area contributed by atoms with Crippen molar-refractivity contribution in [2.24, 2.45) is 14.1 Å². The molecule has 1 aliphatic heterocycles. The van der Waals surface area contributed by atoms with E-state index >= 15 is 0 Å². The highest BCUT2D eigenvalue weighted by molar-refractivity contribution is 5.86. The number of nitrogens with zero attached hydrogens (tertiary/aromatic N) is 4. The molecule has 5 rings (SSSR count). The monoisotopic (exact) mass is 391 g/mol. The van der Waals surface area contributed by atoms with Crippen LogP contribution in [0.3, 0.4) is 0 Å². The normalized spacial score (nSPS) is 16.7. The lowest BCUT2D eigenvalue weighted by molar-refractivity contribution is 0.551. The number of nitrogens with one attached hydrogen (secondary N) is 1. The van der Waals surface area contributed by atoms with Gasteiger partial charge in [-0.25, -0.2) is 14.2 Å². The molecule has 2 aromatic carbocycles. The predicted octanol–water partition coefficient (Wildman–Crippen LogP) is 3.08. The zero-order chi connectivity index (χ0) is 20.1. The number of hydrogen-bond acceptors (Lipinski definition) is 3. The maximum atomic E-state index is 13.5. The molecule has 2 aromatic heterocycles. The SMILES string of the molecule is Cn1c(=O)n(C)c2cc(-c3c(-c4ccc(F)cc4)ncn3C3CCNC3)ccc21. The number of imidazole rings is 2. The van der Waals surface area contributed by atoms with E-state index in [1.807, 2.05) is 24.5 Å². The Labute approximate surface area is 167 Å². The first kappa shape index (κ1) is 17.9. The number of aryl methyl sites for hydroxylation is 2. The molecule has 1 atom stereocenters. The number of rotatable bonds is 3. The summed E-state index contributed by atoms with van der Waals surface area (Å²) in [7, 11) is 3.57. The van der Waals surface area contributed by atoms with Gasteiger partial charge in [-0.15, -0.1) is 0 Å². The van der Waals surface area contributed by atoms with Crippen LogP contribution in [0.4, 0.5) is 4.39 Å². The summed E-state index contributed by atoms with van der Waals surface area (Å²) in [6.45, 7) is 1.86. The summed E-state index contributed by atoms with van der Waals surface area (Å²) in [6, 6.07) is 12.8. The van der Waals surface area contributed by atoms with Crippen molar-refractivity contribution in [3.63, 3.8) is 0 Å². The summed E-state index contributed by atoms with van der Waals surface area (Å²) in [5, 5.41) is 3.41. The third kappa shape index (κ3) is 2.81. The lowest BCUT2D eigenvalue weighted by atomic mass is 10.0. The summed E-state index contributed by atoms with van der Waals surface area (Å²) in [6.07, 6.45) is 2.90. The Kier molecular flexibility index (Phi) is 4.13. The minimum atomic E-state index is -0.268. The highest BCUT2D eigenvalue weighted by Crippen LogP contribution is 2.35. The second-order valence-electron chi connectivity index (χ2n) is 7.61. The van der Waals surface area contributed by atoms with E-state index < -0.39 is 0 Å². The number of benzene rings is 2. The molecule has 1 fully saturated rings. The Morgan fingerprint density at radius 3 is 2.48 bits per heavy atom. The Hall–Kier alpha value is -3.19. The molecule has 0 spiro atoms. The zero-order valence-corrected chi connectivity index (χ0v) is 16.4. The number of hydrogen-bond donors (Lipinski definition) is 1. The smallest absolute Gasteiger partial charge is 0.326 e. The maximum Gasteiger partial charge on any atom is 0.328 e. The quantitative estimate of drug-likeness (QED) is 0.584. The minimum absolute atomic E-state index is 0.0515. The van der Waals surface area contributed by atoms with Crippen LogP contribution in [0, 0.1) is 5.82 Å². The summed E-state index contributed by atoms with van der Waals surface area (Å²) in [5.41, 5.74) is 5.37. The predicted molar refractivity (Wildman–Crippen MR) is 111 cm³/mol. The summed E-state index contributed by atoms with van der Waals surface area (Å²) < 4.78 is 19.0. The van der Waals surface area contributed by atoms with E-state index in [-0.39, 0.29) is 11.5 Å². The van der Waals surface area contributed by atoms with Crippen LogP contribution in [0.25, 0.3) is 33.5 Å². The Morgan fingerprint density at radius 1 is 1.03 bits per heavy atom. The maximum absolute atomic E-state index is 13.5. The van der Waals surface area contributed by atoms with Gasteiger partial charge in [-0.2, -0.15) is 0 Å². The minimum Gasteiger partial charge on any atom is -0.326 e. The van der Waals surface area contributed by atoms with Gasteiger partial charge in [-0.05, 0) is 49.4 Å². The third-order valence-electron chi connectivity index (χ3n) is 5.88. The van der Waals surface area contributed by atoms with Crippen LogP contribution in [0.5, 0.6) is 0 Å². The molecule has 0 bridgehead atoms. The van der Waals surface area contributed by atoms with Gasteiger partial charge in [0, 0.05) is 37.8 Å². The van der Waals surface area contributed by atoms with E-state index in [1.165, 1.54) is 12.1 Å². The molecule has 4 aromatic rings. The number of halogens is 1. The van der Waals surface area contributed by atoms with Crippen LogP contribution < -0.4 is 11.0 Å². The summed E-state index contributed by atoms with van der Waals surface area (Å²) in [4.78, 5) is 17.0. The van der Waals surface area contributed by atoms with Gasteiger partial charge in [0.05, 0.1) is 28.7 Å². The molecule has 0 saturated carbocycles. The summed E-state index contributed by atoms with van der Waals surface area (Å²) >= 11 is 0. The Morgan fingerprint density at radius 2 is 1.76 bits per heavy atom. The van der Waals surface area contributed by atoms with E-state index in [0.717, 1.165) is 53.1 Å². The molecule has 1 unspecified atom stereocenters. The molecule has 7 heteroatoms. The van der Waals surface area contributed by atoms with Crippen molar-refractivity contribution in [3.8, 4) is 22.5 Å². The van der Waals surface area contributed by atoms with Crippen molar-refractivity contribution in [3.05, 3.63) is 65.1 Å². The van der Waals surface area contributed by atoms with E-state index in [4.69, 9.17) is 4.98 Å². The van der Waals surface area contributed by atoms with Crippen molar-refractivity contribution in [2.45, 2.75) is 12.5 Å². The molecular formula is C22H22FN5O. The lowest BCUT2D eigenvalue weighted by Crippen LogP contribution is -2.19. The topological polar surface area (TPSA) is 56.8 Å². The third-order valence-corrected chi connectivity index (χ3v) is 5.88. The zero-order valence-electron chi connectivity index (χ0n) is 16.4. The fraction of sp³-hybridized carbons (Fsp3) is 0.273. The molecule has 0 aliphatic carbocycles. The van der Waals surface area contributed by atoms with Crippen molar-refractivity contribution in [2.75, 3.05) is 13.1 Å². The van der Waals surface area contributed by atoms with Gasteiger partial charge in [-0.1, -0.05) is 6.07 Å². The standard InChI is InChI=1S/C22H22FN5O/c1-26-18-8-5-15(11-19(18)27(2)22(26)29)21-20(14-3-6-16(23)7-4-14)25-13-28(21)17-9-10-24-12-17/h3-8,11,13,17,24H,9-10,12H2,1-2H3. The molecule has 148 valence electrons. The van der Waals surface area contributed by atoms with Crippen molar-refractivity contribution >= 4 is 11.0 Å². The second kappa shape index (κ2) is 6.70. The van der Waals surface area contributed by atoms with Gasteiger partial charge in [-0.3, -0.25) is 9.13 Å². The molecule has 1 N–H and O–H groups in total. The Bertz CT molecular complexity index is 1260. The average Bonchev–Trinajstić information content (AvgIpc) is 3.45. The van der Waals surface area contributed by atoms with E-state index in [2.05, 4.69) is 9.88 Å². The van der Waals surface area contributed by atoms with Gasteiger partial charge in [0.15, 0.2) is 0 Å². The first-order chi connectivity index (χ1) is 14.0. The van der Waals surface area contributed by atoms with E-state index in [0.29, 0.717) is 6.04 Å². The highest BCUT2D eigenvalue weighted by Gasteiger charge is 2.24. The van der Waals surface area contributed by atoms with Gasteiger partial charge < -0.3 is 9.88 Å². The van der Waals surface area contributed by atoms with E-state index in [9.17, 15) is 9.18 Å². The second-order valence-corrected chi connectivity index (χ2v) is 7.61. The molecular weight excluding hydrogens is 369 g/mol. The highest BCUT2D eigenvalue weighted by atomic mass is 19.1. The van der Waals surface area contributed by atoms with Crippen LogP contribution in [0.15, 0.2) is 53.6 Å². The van der Waals surface area contributed by atoms with E-state index in [1.54, 1.807) is 35.4 Å². The Balaban J connectivity index is 1.75. The molecule has 3 heterocycles. The molecule has 6 nitrogen and oxygen atoms in total.